The molecule has 0 spiro atoms. The average molecular weight is 376 g/mol. The Kier molecular flexibility index (Phi) is 4.92. The topological polar surface area (TPSA) is 99.8 Å². The third kappa shape index (κ3) is 3.59. The van der Waals surface area contributed by atoms with Gasteiger partial charge in [0.25, 0.3) is 0 Å². The summed E-state index contributed by atoms with van der Waals surface area (Å²) < 4.78 is 5.50. The van der Waals surface area contributed by atoms with Crippen molar-refractivity contribution in [2.24, 2.45) is 11.8 Å². The van der Waals surface area contributed by atoms with Crippen LogP contribution in [-0.2, 0) is 9.59 Å². The molecule has 3 atom stereocenters. The lowest BCUT2D eigenvalue weighted by atomic mass is 9.86. The van der Waals surface area contributed by atoms with Crippen LogP contribution >= 0.6 is 0 Å². The van der Waals surface area contributed by atoms with Gasteiger partial charge in [0.1, 0.15) is 6.04 Å². The van der Waals surface area contributed by atoms with Gasteiger partial charge in [-0.25, -0.2) is 0 Å². The van der Waals surface area contributed by atoms with Gasteiger partial charge in [-0.3, -0.25) is 9.59 Å². The zero-order valence-electron chi connectivity index (χ0n) is 16.0. The monoisotopic (exact) mass is 376 g/mol. The van der Waals surface area contributed by atoms with E-state index in [2.05, 4.69) is 17.1 Å². The normalized spacial score (nSPS) is 34.5. The third-order valence-electron chi connectivity index (χ3n) is 6.32. The molecule has 0 radical (unpaired) electrons. The van der Waals surface area contributed by atoms with Gasteiger partial charge in [0.15, 0.2) is 0 Å². The minimum Gasteiger partial charge on any atom is -0.423 e. The van der Waals surface area contributed by atoms with E-state index >= 15 is 0 Å². The minimum absolute atomic E-state index is 0.0813. The predicted molar refractivity (Wildman–Crippen MR) is 95.4 cm³/mol. The Morgan fingerprint density at radius 3 is 2.59 bits per heavy atom. The second-order valence-electron chi connectivity index (χ2n) is 8.42. The van der Waals surface area contributed by atoms with Crippen LogP contribution < -0.4 is 0 Å². The van der Waals surface area contributed by atoms with Gasteiger partial charge >= 0.3 is 0 Å². The van der Waals surface area contributed by atoms with E-state index in [0.717, 1.165) is 31.6 Å². The van der Waals surface area contributed by atoms with Gasteiger partial charge in [-0.1, -0.05) is 6.92 Å². The SMILES string of the molecule is Cc1nnc([C@H]2C[C@@H](O)CN2C(=O)C2CC(=O)N(C3CCC(C)CC3)C2)o1. The van der Waals surface area contributed by atoms with Gasteiger partial charge < -0.3 is 19.3 Å². The van der Waals surface area contributed by atoms with Gasteiger partial charge in [-0.05, 0) is 31.6 Å². The Bertz CT molecular complexity index is 712. The maximum Gasteiger partial charge on any atom is 0.239 e. The first kappa shape index (κ1) is 18.4. The van der Waals surface area contributed by atoms with Crippen LogP contribution in [0.3, 0.4) is 0 Å². The molecule has 2 amide bonds. The number of carbonyl (C=O) groups excluding carboxylic acids is 2. The summed E-state index contributed by atoms with van der Waals surface area (Å²) in [6.07, 6.45) is 4.37. The molecule has 8 heteroatoms. The number of aromatic nitrogens is 2. The number of nitrogens with zero attached hydrogens (tertiary/aromatic N) is 4. The van der Waals surface area contributed by atoms with Crippen LogP contribution in [0.25, 0.3) is 0 Å². The van der Waals surface area contributed by atoms with Gasteiger partial charge in [0.2, 0.25) is 23.6 Å². The molecule has 1 N–H and O–H groups in total. The number of hydrogen-bond donors (Lipinski definition) is 1. The van der Waals surface area contributed by atoms with Crippen molar-refractivity contribution in [3.63, 3.8) is 0 Å². The summed E-state index contributed by atoms with van der Waals surface area (Å²) in [4.78, 5) is 29.3. The number of β-amino-alcohol motifs (C(OH)–C–C–N with tert-alkyl or cyclic N) is 1. The Morgan fingerprint density at radius 1 is 1.19 bits per heavy atom. The number of aliphatic hydroxyl groups is 1. The van der Waals surface area contributed by atoms with Crippen LogP contribution in [-0.4, -0.2) is 62.2 Å². The lowest BCUT2D eigenvalue weighted by molar-refractivity contribution is -0.137. The van der Waals surface area contributed by atoms with E-state index < -0.39 is 12.1 Å². The summed E-state index contributed by atoms with van der Waals surface area (Å²) in [7, 11) is 0. The lowest BCUT2D eigenvalue weighted by Gasteiger charge is -2.34. The summed E-state index contributed by atoms with van der Waals surface area (Å²) in [6.45, 7) is 4.69. The molecule has 1 unspecified atom stereocenters. The first-order valence-electron chi connectivity index (χ1n) is 10.0. The summed E-state index contributed by atoms with van der Waals surface area (Å²) in [6, 6.07) is -0.140. The number of rotatable bonds is 3. The summed E-state index contributed by atoms with van der Waals surface area (Å²) in [5, 5.41) is 18.0. The number of amides is 2. The fourth-order valence-corrected chi connectivity index (χ4v) is 4.78. The number of likely N-dealkylation sites (tertiary alicyclic amines) is 2. The molecule has 3 aliphatic rings. The zero-order valence-corrected chi connectivity index (χ0v) is 16.0. The van der Waals surface area contributed by atoms with Crippen LogP contribution in [0.5, 0.6) is 0 Å². The molecule has 0 aromatic carbocycles. The maximum atomic E-state index is 13.2. The molecule has 1 aliphatic carbocycles. The highest BCUT2D eigenvalue weighted by Crippen LogP contribution is 2.36. The molecule has 148 valence electrons. The van der Waals surface area contributed by atoms with E-state index in [0.29, 0.717) is 24.7 Å². The van der Waals surface area contributed by atoms with Crippen LogP contribution in [0, 0.1) is 18.8 Å². The van der Waals surface area contributed by atoms with Gasteiger partial charge in [-0.15, -0.1) is 10.2 Å². The Hall–Kier alpha value is -1.96. The van der Waals surface area contributed by atoms with Crippen molar-refractivity contribution in [1.82, 2.24) is 20.0 Å². The zero-order chi connectivity index (χ0) is 19.1. The van der Waals surface area contributed by atoms with Gasteiger partial charge in [0, 0.05) is 38.9 Å². The molecule has 1 aromatic rings. The summed E-state index contributed by atoms with van der Waals surface area (Å²) in [5.41, 5.74) is 0. The largest absolute Gasteiger partial charge is 0.423 e. The number of carbonyl (C=O) groups is 2. The molecular formula is C19H28N4O4. The van der Waals surface area contributed by atoms with Crippen LogP contribution in [0.2, 0.25) is 0 Å². The van der Waals surface area contributed by atoms with Crippen molar-refractivity contribution in [3.8, 4) is 0 Å². The second kappa shape index (κ2) is 7.22. The smallest absolute Gasteiger partial charge is 0.239 e. The maximum absolute atomic E-state index is 13.2. The fourth-order valence-electron chi connectivity index (χ4n) is 4.78. The van der Waals surface area contributed by atoms with Gasteiger partial charge in [-0.2, -0.15) is 0 Å². The van der Waals surface area contributed by atoms with E-state index in [9.17, 15) is 14.7 Å². The first-order valence-corrected chi connectivity index (χ1v) is 10.0. The Balaban J connectivity index is 1.45. The van der Waals surface area contributed by atoms with E-state index in [1.807, 2.05) is 4.90 Å². The molecule has 3 fully saturated rings. The molecular weight excluding hydrogens is 348 g/mol. The third-order valence-corrected chi connectivity index (χ3v) is 6.32. The van der Waals surface area contributed by atoms with Crippen molar-refractivity contribution in [3.05, 3.63) is 11.8 Å². The van der Waals surface area contributed by atoms with Crippen molar-refractivity contribution in [1.29, 1.82) is 0 Å². The lowest BCUT2D eigenvalue weighted by Crippen LogP contribution is -2.41. The molecule has 1 aromatic heterocycles. The highest BCUT2D eigenvalue weighted by atomic mass is 16.4. The number of aliphatic hydroxyl groups excluding tert-OH is 1. The number of aryl methyl sites for hydroxylation is 1. The van der Waals surface area contributed by atoms with Crippen molar-refractivity contribution >= 4 is 11.8 Å². The van der Waals surface area contributed by atoms with Crippen LogP contribution in [0.4, 0.5) is 0 Å². The molecule has 8 nitrogen and oxygen atoms in total. The molecule has 4 rings (SSSR count). The first-order chi connectivity index (χ1) is 12.9. The van der Waals surface area contributed by atoms with E-state index in [1.54, 1.807) is 11.8 Å². The number of hydrogen-bond acceptors (Lipinski definition) is 6. The van der Waals surface area contributed by atoms with E-state index in [1.165, 1.54) is 0 Å². The fraction of sp³-hybridized carbons (Fsp3) is 0.789. The molecule has 2 saturated heterocycles. The highest BCUT2D eigenvalue weighted by Gasteiger charge is 2.45. The molecule has 1 saturated carbocycles. The summed E-state index contributed by atoms with van der Waals surface area (Å²) >= 11 is 0. The molecule has 27 heavy (non-hydrogen) atoms. The Morgan fingerprint density at radius 2 is 1.93 bits per heavy atom. The van der Waals surface area contributed by atoms with Crippen molar-refractivity contribution in [2.75, 3.05) is 13.1 Å². The summed E-state index contributed by atoms with van der Waals surface area (Å²) in [5.74, 6) is 1.16. The van der Waals surface area contributed by atoms with Crippen molar-refractivity contribution < 1.29 is 19.1 Å². The van der Waals surface area contributed by atoms with E-state index in [-0.39, 0.29) is 36.7 Å². The standard InChI is InChI=1S/C19H28N4O4/c1-11-3-5-14(6-4-11)22-9-13(7-17(22)25)19(26)23-10-15(24)8-16(23)18-21-20-12(2)27-18/h11,13-16,24H,3-10H2,1-2H3/t11?,13?,14?,15-,16-/m1/s1. The Labute approximate surface area is 158 Å². The quantitative estimate of drug-likeness (QED) is 0.857. The van der Waals surface area contributed by atoms with Crippen LogP contribution in [0.1, 0.15) is 63.3 Å². The van der Waals surface area contributed by atoms with Crippen LogP contribution in [0.15, 0.2) is 4.42 Å². The molecule has 0 bridgehead atoms. The highest BCUT2D eigenvalue weighted by molar-refractivity contribution is 5.89. The second-order valence-corrected chi connectivity index (χ2v) is 8.42. The van der Waals surface area contributed by atoms with Crippen molar-refractivity contribution in [2.45, 2.75) is 70.6 Å². The average Bonchev–Trinajstić information content (AvgIpc) is 3.33. The van der Waals surface area contributed by atoms with E-state index in [4.69, 9.17) is 4.42 Å². The molecule has 3 heterocycles. The predicted octanol–water partition coefficient (Wildman–Crippen LogP) is 1.44. The molecule has 2 aliphatic heterocycles. The minimum atomic E-state index is -0.612. The van der Waals surface area contributed by atoms with Gasteiger partial charge in [0.05, 0.1) is 12.0 Å².